The molecule has 0 saturated heterocycles. The lowest BCUT2D eigenvalue weighted by atomic mass is 10.2. The number of hydrogen-bond donors (Lipinski definition) is 0. The number of oxazole rings is 1. The lowest BCUT2D eigenvalue weighted by Gasteiger charge is -2.36. The Hall–Kier alpha value is -1.66. The van der Waals surface area contributed by atoms with E-state index >= 15 is 0 Å². The van der Waals surface area contributed by atoms with Gasteiger partial charge in [-0.05, 0) is 49.2 Å². The van der Waals surface area contributed by atoms with Crippen LogP contribution in [0.25, 0.3) is 5.69 Å². The van der Waals surface area contributed by atoms with E-state index in [9.17, 15) is 9.18 Å². The van der Waals surface area contributed by atoms with E-state index in [1.54, 1.807) is 25.3 Å². The lowest BCUT2D eigenvalue weighted by molar-refractivity contribution is 0.278. The first kappa shape index (κ1) is 19.7. The zero-order valence-corrected chi connectivity index (χ0v) is 17.0. The van der Waals surface area contributed by atoms with Crippen molar-refractivity contribution in [2.45, 2.75) is 58.7 Å². The van der Waals surface area contributed by atoms with Crippen LogP contribution in [0.15, 0.2) is 33.6 Å². The van der Waals surface area contributed by atoms with E-state index in [0.717, 1.165) is 6.42 Å². The molecule has 6 heteroatoms. The van der Waals surface area contributed by atoms with Gasteiger partial charge in [-0.2, -0.15) is 0 Å². The van der Waals surface area contributed by atoms with Crippen molar-refractivity contribution in [1.82, 2.24) is 4.57 Å². The smallest absolute Gasteiger partial charge is 0.417 e. The van der Waals surface area contributed by atoms with Gasteiger partial charge in [-0.3, -0.25) is 0 Å². The molecule has 25 heavy (non-hydrogen) atoms. The van der Waals surface area contributed by atoms with E-state index < -0.39 is 14.1 Å². The molecule has 0 bridgehead atoms. The maximum atomic E-state index is 13.7. The van der Waals surface area contributed by atoms with Gasteiger partial charge < -0.3 is 8.84 Å². The third kappa shape index (κ3) is 4.70. The Morgan fingerprint density at radius 2 is 1.96 bits per heavy atom. The van der Waals surface area contributed by atoms with Crippen molar-refractivity contribution in [1.29, 1.82) is 0 Å². The van der Waals surface area contributed by atoms with Gasteiger partial charge in [-0.25, -0.2) is 13.8 Å². The predicted octanol–water partition coefficient (Wildman–Crippen LogP) is 4.83. The highest BCUT2D eigenvalue weighted by Gasteiger charge is 2.36. The van der Waals surface area contributed by atoms with Gasteiger partial charge in [-0.15, -0.1) is 0 Å². The molecule has 0 saturated carbocycles. The molecule has 0 fully saturated rings. The van der Waals surface area contributed by atoms with Crippen molar-refractivity contribution < 1.29 is 13.2 Å². The standard InChI is InChI=1S/C19H28FNO3Si/c1-14-9-10-15(12-17(14)20)21-13-16(24-18(21)22)8-7-11-23-25(5,6)19(2,3)4/h9-10,12-13H,7-8,11H2,1-6H3. The summed E-state index contributed by atoms with van der Waals surface area (Å²) in [6.07, 6.45) is 3.03. The fourth-order valence-corrected chi connectivity index (χ4v) is 3.29. The molecule has 0 atom stereocenters. The summed E-state index contributed by atoms with van der Waals surface area (Å²) in [6, 6.07) is 4.70. The van der Waals surface area contributed by atoms with Crippen LogP contribution in [-0.4, -0.2) is 19.5 Å². The highest BCUT2D eigenvalue weighted by molar-refractivity contribution is 6.74. The zero-order chi connectivity index (χ0) is 18.8. The van der Waals surface area contributed by atoms with Crippen LogP contribution >= 0.6 is 0 Å². The zero-order valence-electron chi connectivity index (χ0n) is 16.0. The first-order valence-corrected chi connectivity index (χ1v) is 11.5. The predicted molar refractivity (Wildman–Crippen MR) is 100 cm³/mol. The Bertz CT molecular complexity index is 787. The molecule has 1 heterocycles. The van der Waals surface area contributed by atoms with Crippen molar-refractivity contribution in [3.8, 4) is 5.69 Å². The molecule has 4 nitrogen and oxygen atoms in total. The first-order valence-electron chi connectivity index (χ1n) is 8.63. The summed E-state index contributed by atoms with van der Waals surface area (Å²) in [5.41, 5.74) is 1.02. The number of benzene rings is 1. The van der Waals surface area contributed by atoms with Gasteiger partial charge in [0.25, 0.3) is 0 Å². The van der Waals surface area contributed by atoms with Gasteiger partial charge in [0.15, 0.2) is 8.32 Å². The molecule has 0 radical (unpaired) electrons. The Labute approximate surface area is 149 Å². The van der Waals surface area contributed by atoms with Crippen LogP contribution in [0, 0.1) is 12.7 Å². The van der Waals surface area contributed by atoms with E-state index in [1.807, 2.05) is 0 Å². The molecule has 0 amide bonds. The van der Waals surface area contributed by atoms with Crippen LogP contribution in [0.4, 0.5) is 4.39 Å². The van der Waals surface area contributed by atoms with Crippen LogP contribution < -0.4 is 5.76 Å². The average molecular weight is 366 g/mol. The second kappa shape index (κ2) is 7.29. The van der Waals surface area contributed by atoms with Crippen LogP contribution in [-0.2, 0) is 10.8 Å². The monoisotopic (exact) mass is 365 g/mol. The highest BCUT2D eigenvalue weighted by Crippen LogP contribution is 2.36. The lowest BCUT2D eigenvalue weighted by Crippen LogP contribution is -2.41. The Kier molecular flexibility index (Phi) is 5.74. The molecule has 0 aliphatic heterocycles. The van der Waals surface area contributed by atoms with Gasteiger partial charge in [0.2, 0.25) is 0 Å². The number of nitrogens with zero attached hydrogens (tertiary/aromatic N) is 1. The maximum Gasteiger partial charge on any atom is 0.423 e. The van der Waals surface area contributed by atoms with E-state index in [2.05, 4.69) is 33.9 Å². The largest absolute Gasteiger partial charge is 0.423 e. The normalized spacial score (nSPS) is 12.6. The number of hydrogen-bond acceptors (Lipinski definition) is 3. The topological polar surface area (TPSA) is 44.4 Å². The van der Waals surface area contributed by atoms with Crippen molar-refractivity contribution in [2.24, 2.45) is 0 Å². The van der Waals surface area contributed by atoms with Crippen LogP contribution in [0.3, 0.4) is 0 Å². The van der Waals surface area contributed by atoms with Crippen molar-refractivity contribution in [2.75, 3.05) is 6.61 Å². The summed E-state index contributed by atoms with van der Waals surface area (Å²) >= 11 is 0. The highest BCUT2D eigenvalue weighted by atomic mass is 28.4. The molecule has 0 aliphatic carbocycles. The molecule has 0 aliphatic rings. The second-order valence-corrected chi connectivity index (χ2v) is 12.8. The summed E-state index contributed by atoms with van der Waals surface area (Å²) in [6.45, 7) is 13.4. The summed E-state index contributed by atoms with van der Waals surface area (Å²) in [5.74, 6) is -0.247. The van der Waals surface area contributed by atoms with E-state index in [1.165, 1.54) is 10.6 Å². The average Bonchev–Trinajstić information content (AvgIpc) is 2.86. The quantitative estimate of drug-likeness (QED) is 0.544. The van der Waals surface area contributed by atoms with Gasteiger partial charge in [0.1, 0.15) is 11.6 Å². The molecule has 1 aromatic heterocycles. The van der Waals surface area contributed by atoms with Crippen molar-refractivity contribution in [3.63, 3.8) is 0 Å². The minimum Gasteiger partial charge on any atom is -0.417 e. The minimum absolute atomic E-state index is 0.179. The second-order valence-electron chi connectivity index (χ2n) is 7.98. The van der Waals surface area contributed by atoms with Crippen LogP contribution in [0.5, 0.6) is 0 Å². The number of halogens is 1. The van der Waals surface area contributed by atoms with Gasteiger partial charge in [-0.1, -0.05) is 26.8 Å². The molecule has 2 rings (SSSR count). The molecule has 0 unspecified atom stereocenters. The van der Waals surface area contributed by atoms with Gasteiger partial charge >= 0.3 is 5.76 Å². The molecule has 1 aromatic carbocycles. The molecular weight excluding hydrogens is 337 g/mol. The Morgan fingerprint density at radius 1 is 1.28 bits per heavy atom. The molecular formula is C19H28FNO3Si. The molecule has 2 aromatic rings. The van der Waals surface area contributed by atoms with Crippen LogP contribution in [0.2, 0.25) is 18.1 Å². The van der Waals surface area contributed by atoms with Gasteiger partial charge in [0, 0.05) is 13.0 Å². The number of aryl methyl sites for hydroxylation is 2. The van der Waals surface area contributed by atoms with Gasteiger partial charge in [0.05, 0.1) is 11.9 Å². The molecule has 0 spiro atoms. The van der Waals surface area contributed by atoms with Crippen molar-refractivity contribution >= 4 is 8.32 Å². The van der Waals surface area contributed by atoms with E-state index in [4.69, 9.17) is 8.84 Å². The van der Waals surface area contributed by atoms with E-state index in [-0.39, 0.29) is 10.9 Å². The SMILES string of the molecule is Cc1ccc(-n2cc(CCCO[Si](C)(C)C(C)(C)C)oc2=O)cc1F. The van der Waals surface area contributed by atoms with Crippen molar-refractivity contribution in [3.05, 3.63) is 52.1 Å². The minimum atomic E-state index is -1.75. The fraction of sp³-hybridized carbons (Fsp3) is 0.526. The third-order valence-corrected chi connectivity index (χ3v) is 9.50. The first-order chi connectivity index (χ1) is 11.5. The Balaban J connectivity index is 1.99. The Morgan fingerprint density at radius 3 is 2.56 bits per heavy atom. The summed E-state index contributed by atoms with van der Waals surface area (Å²) in [5, 5.41) is 0.179. The van der Waals surface area contributed by atoms with Crippen LogP contribution in [0.1, 0.15) is 38.5 Å². The summed E-state index contributed by atoms with van der Waals surface area (Å²) in [7, 11) is -1.75. The molecule has 138 valence electrons. The summed E-state index contributed by atoms with van der Waals surface area (Å²) in [4.78, 5) is 12.0. The fourth-order valence-electron chi connectivity index (χ4n) is 2.20. The molecule has 0 N–H and O–H groups in total. The maximum absolute atomic E-state index is 13.7. The number of aromatic nitrogens is 1. The third-order valence-electron chi connectivity index (χ3n) is 4.96. The van der Waals surface area contributed by atoms with E-state index in [0.29, 0.717) is 30.0 Å². The number of rotatable bonds is 6. The summed E-state index contributed by atoms with van der Waals surface area (Å²) < 4.78 is 26.4.